The quantitative estimate of drug-likeness (QED) is 0.517. The Morgan fingerprint density at radius 3 is 3.20 bits per heavy atom. The van der Waals surface area contributed by atoms with E-state index >= 15 is 0 Å². The summed E-state index contributed by atoms with van der Waals surface area (Å²) in [5.74, 6) is 0.663. The normalized spacial score (nSPS) is 14.6. The molecular weight excluding hydrogens is 128 g/mol. The lowest BCUT2D eigenvalue weighted by atomic mass is 10.2. The topological polar surface area (TPSA) is 44.1 Å². The van der Waals surface area contributed by atoms with Crippen LogP contribution in [0.25, 0.3) is 0 Å². The molecule has 2 heterocycles. The van der Waals surface area contributed by atoms with Gasteiger partial charge in [0.1, 0.15) is 6.54 Å². The van der Waals surface area contributed by atoms with Crippen molar-refractivity contribution in [3.05, 3.63) is 23.9 Å². The van der Waals surface area contributed by atoms with E-state index in [0.717, 1.165) is 0 Å². The predicted molar refractivity (Wildman–Crippen MR) is 35.2 cm³/mol. The molecule has 0 aliphatic carbocycles. The van der Waals surface area contributed by atoms with Gasteiger partial charge in [0.25, 0.3) is 0 Å². The number of nitrogens with zero attached hydrogens (tertiary/aromatic N) is 2. The fraction of sp³-hybridized carbons (Fsp3) is 0.143. The highest BCUT2D eigenvalue weighted by atomic mass is 16.1. The molecule has 10 heavy (non-hydrogen) atoms. The standard InChI is InChI=1S/C7H5N2O/c10-6-4-9-7-5(6)2-1-3-8-7/h1-3H,4H2. The summed E-state index contributed by atoms with van der Waals surface area (Å²) in [4.78, 5) is 14.9. The molecule has 0 saturated carbocycles. The van der Waals surface area contributed by atoms with Gasteiger partial charge in [0.2, 0.25) is 0 Å². The third-order valence-corrected chi connectivity index (χ3v) is 1.46. The number of aromatic nitrogens is 1. The summed E-state index contributed by atoms with van der Waals surface area (Å²) >= 11 is 0. The van der Waals surface area contributed by atoms with Gasteiger partial charge in [0, 0.05) is 6.20 Å². The lowest BCUT2D eigenvalue weighted by molar-refractivity contribution is 0.101. The average Bonchev–Trinajstić information content (AvgIpc) is 2.34. The fourth-order valence-corrected chi connectivity index (χ4v) is 0.972. The van der Waals surface area contributed by atoms with Crippen molar-refractivity contribution >= 4 is 11.6 Å². The SMILES string of the molecule is O=C1C[N]c2ncccc21. The van der Waals surface area contributed by atoms with Gasteiger partial charge in [-0.25, -0.2) is 4.98 Å². The molecule has 3 heteroatoms. The number of fused-ring (bicyclic) bond motifs is 1. The van der Waals surface area contributed by atoms with E-state index in [1.54, 1.807) is 18.3 Å². The minimum absolute atomic E-state index is 0.0723. The van der Waals surface area contributed by atoms with Crippen molar-refractivity contribution < 1.29 is 4.79 Å². The van der Waals surface area contributed by atoms with Crippen LogP contribution in [0.4, 0.5) is 5.82 Å². The maximum absolute atomic E-state index is 10.9. The number of carbonyl (C=O) groups excluding carboxylic acids is 1. The minimum Gasteiger partial charge on any atom is -0.292 e. The number of hydrogen-bond donors (Lipinski definition) is 0. The Balaban J connectivity index is 2.61. The van der Waals surface area contributed by atoms with Crippen molar-refractivity contribution in [2.24, 2.45) is 0 Å². The van der Waals surface area contributed by atoms with Crippen molar-refractivity contribution in [3.8, 4) is 0 Å². The first-order valence-corrected chi connectivity index (χ1v) is 3.03. The zero-order valence-corrected chi connectivity index (χ0v) is 5.24. The van der Waals surface area contributed by atoms with Crippen molar-refractivity contribution in [1.29, 1.82) is 0 Å². The summed E-state index contributed by atoms with van der Waals surface area (Å²) in [7, 11) is 0. The van der Waals surface area contributed by atoms with E-state index in [1.807, 2.05) is 0 Å². The molecule has 3 nitrogen and oxygen atoms in total. The van der Waals surface area contributed by atoms with Gasteiger partial charge in [-0.05, 0) is 12.1 Å². The Hall–Kier alpha value is -1.38. The lowest BCUT2D eigenvalue weighted by Gasteiger charge is -1.89. The number of rotatable bonds is 0. The second kappa shape index (κ2) is 1.80. The number of hydrogen-bond acceptors (Lipinski definition) is 2. The molecule has 1 aromatic rings. The van der Waals surface area contributed by atoms with Crippen LogP contribution in [-0.2, 0) is 0 Å². The summed E-state index contributed by atoms with van der Waals surface area (Å²) < 4.78 is 0. The molecule has 49 valence electrons. The molecule has 2 rings (SSSR count). The van der Waals surface area contributed by atoms with Gasteiger partial charge in [-0.3, -0.25) is 10.1 Å². The molecule has 0 fully saturated rings. The smallest absolute Gasteiger partial charge is 0.188 e. The number of ketones is 1. The molecule has 0 aromatic carbocycles. The lowest BCUT2D eigenvalue weighted by Crippen LogP contribution is -1.99. The monoisotopic (exact) mass is 133 g/mol. The van der Waals surface area contributed by atoms with Crippen LogP contribution < -0.4 is 5.32 Å². The molecule has 0 spiro atoms. The zero-order chi connectivity index (χ0) is 6.97. The maximum Gasteiger partial charge on any atom is 0.188 e. The van der Waals surface area contributed by atoms with Crippen LogP contribution in [0.1, 0.15) is 10.4 Å². The third kappa shape index (κ3) is 0.603. The Bertz CT molecular complexity index is 283. The summed E-state index contributed by atoms with van der Waals surface area (Å²) in [6.45, 7) is 0.270. The van der Waals surface area contributed by atoms with Crippen molar-refractivity contribution in [2.75, 3.05) is 6.54 Å². The van der Waals surface area contributed by atoms with Crippen molar-refractivity contribution in [2.45, 2.75) is 0 Å². The molecule has 0 N–H and O–H groups in total. The molecule has 1 aromatic heterocycles. The predicted octanol–water partition coefficient (Wildman–Crippen LogP) is 0.514. The van der Waals surface area contributed by atoms with Gasteiger partial charge in [0.15, 0.2) is 11.6 Å². The minimum atomic E-state index is 0.0723. The molecule has 0 unspecified atom stereocenters. The number of Topliss-reactive ketones (excluding diaryl/α,β-unsaturated/α-hetero) is 1. The van der Waals surface area contributed by atoms with Crippen LogP contribution in [-0.4, -0.2) is 17.3 Å². The Morgan fingerprint density at radius 1 is 1.50 bits per heavy atom. The van der Waals surface area contributed by atoms with Gasteiger partial charge >= 0.3 is 0 Å². The van der Waals surface area contributed by atoms with E-state index < -0.39 is 0 Å². The molecule has 0 saturated heterocycles. The molecule has 1 aliphatic heterocycles. The van der Waals surface area contributed by atoms with Gasteiger partial charge in [-0.2, -0.15) is 0 Å². The highest BCUT2D eigenvalue weighted by Crippen LogP contribution is 2.17. The Labute approximate surface area is 58.1 Å². The molecular formula is C7H5N2O. The largest absolute Gasteiger partial charge is 0.292 e. The van der Waals surface area contributed by atoms with Gasteiger partial charge < -0.3 is 0 Å². The van der Waals surface area contributed by atoms with E-state index in [2.05, 4.69) is 10.3 Å². The van der Waals surface area contributed by atoms with E-state index in [1.165, 1.54) is 0 Å². The fourth-order valence-electron chi connectivity index (χ4n) is 0.972. The zero-order valence-electron chi connectivity index (χ0n) is 5.24. The van der Waals surface area contributed by atoms with Crippen molar-refractivity contribution in [1.82, 2.24) is 10.3 Å². The number of pyridine rings is 1. The van der Waals surface area contributed by atoms with Crippen LogP contribution >= 0.6 is 0 Å². The molecule has 1 radical (unpaired) electrons. The van der Waals surface area contributed by atoms with E-state index in [9.17, 15) is 4.79 Å². The van der Waals surface area contributed by atoms with E-state index in [4.69, 9.17) is 0 Å². The highest BCUT2D eigenvalue weighted by Gasteiger charge is 2.19. The maximum atomic E-state index is 10.9. The average molecular weight is 133 g/mol. The number of carbonyl (C=O) groups is 1. The Morgan fingerprint density at radius 2 is 2.40 bits per heavy atom. The summed E-state index contributed by atoms with van der Waals surface area (Å²) in [5, 5.41) is 3.92. The second-order valence-corrected chi connectivity index (χ2v) is 2.11. The van der Waals surface area contributed by atoms with Gasteiger partial charge in [-0.15, -0.1) is 0 Å². The van der Waals surface area contributed by atoms with Crippen molar-refractivity contribution in [3.63, 3.8) is 0 Å². The summed E-state index contributed by atoms with van der Waals surface area (Å²) in [6, 6.07) is 3.50. The molecule has 1 aliphatic rings. The first-order valence-electron chi connectivity index (χ1n) is 3.03. The van der Waals surface area contributed by atoms with Crippen LogP contribution in [0.5, 0.6) is 0 Å². The summed E-state index contributed by atoms with van der Waals surface area (Å²) in [5.41, 5.74) is 0.655. The van der Waals surface area contributed by atoms with Gasteiger partial charge in [0.05, 0.1) is 5.56 Å². The van der Waals surface area contributed by atoms with Crippen LogP contribution in [0.15, 0.2) is 18.3 Å². The van der Waals surface area contributed by atoms with Crippen LogP contribution in [0, 0.1) is 0 Å². The highest BCUT2D eigenvalue weighted by molar-refractivity contribution is 6.04. The summed E-state index contributed by atoms with van der Waals surface area (Å²) in [6.07, 6.45) is 1.64. The first kappa shape index (κ1) is 5.41. The van der Waals surface area contributed by atoms with Crippen LogP contribution in [0.2, 0.25) is 0 Å². The van der Waals surface area contributed by atoms with E-state index in [-0.39, 0.29) is 12.3 Å². The molecule has 0 bridgehead atoms. The molecule has 0 atom stereocenters. The Kier molecular flexibility index (Phi) is 0.974. The molecule has 0 amide bonds. The third-order valence-electron chi connectivity index (χ3n) is 1.46. The first-order chi connectivity index (χ1) is 4.88. The second-order valence-electron chi connectivity index (χ2n) is 2.11. The van der Waals surface area contributed by atoms with Crippen LogP contribution in [0.3, 0.4) is 0 Å². The van der Waals surface area contributed by atoms with Gasteiger partial charge in [-0.1, -0.05) is 0 Å². The van der Waals surface area contributed by atoms with E-state index in [0.29, 0.717) is 11.4 Å².